The molecule has 0 amide bonds. The molecule has 3 nitrogen and oxygen atoms in total. The van der Waals surface area contributed by atoms with E-state index < -0.39 is 0 Å². The molecule has 0 fully saturated rings. The Hall–Kier alpha value is -5.54. The monoisotopic (exact) mass is 523 g/mol. The van der Waals surface area contributed by atoms with Crippen LogP contribution >= 0.6 is 0 Å². The Kier molecular flexibility index (Phi) is 5.46. The third-order valence-electron chi connectivity index (χ3n) is 7.83. The Labute approximate surface area is 238 Å². The highest BCUT2D eigenvalue weighted by Crippen LogP contribution is 2.34. The normalized spacial score (nSPS) is 11.4. The van der Waals surface area contributed by atoms with E-state index in [0.717, 1.165) is 39.2 Å². The minimum atomic E-state index is 0.722. The van der Waals surface area contributed by atoms with Crippen molar-refractivity contribution >= 4 is 32.7 Å². The van der Waals surface area contributed by atoms with Crippen LogP contribution in [0.15, 0.2) is 152 Å². The summed E-state index contributed by atoms with van der Waals surface area (Å²) in [6, 6.07) is 53.1. The number of benzene rings is 6. The second-order valence-electron chi connectivity index (χ2n) is 10.3. The molecule has 2 aromatic heterocycles. The topological polar surface area (TPSA) is 30.7 Å². The van der Waals surface area contributed by atoms with Gasteiger partial charge in [0.2, 0.25) is 0 Å². The van der Waals surface area contributed by atoms with Crippen LogP contribution in [-0.4, -0.2) is 14.5 Å². The van der Waals surface area contributed by atoms with E-state index in [1.165, 1.54) is 32.9 Å². The van der Waals surface area contributed by atoms with Gasteiger partial charge in [-0.25, -0.2) is 9.97 Å². The summed E-state index contributed by atoms with van der Waals surface area (Å²) in [5.74, 6) is 0.722. The maximum atomic E-state index is 5.12. The van der Waals surface area contributed by atoms with Crippen molar-refractivity contribution in [2.75, 3.05) is 0 Å². The maximum Gasteiger partial charge on any atom is 0.160 e. The van der Waals surface area contributed by atoms with Gasteiger partial charge in [-0.2, -0.15) is 0 Å². The van der Waals surface area contributed by atoms with Gasteiger partial charge in [0.15, 0.2) is 5.82 Å². The lowest BCUT2D eigenvalue weighted by Gasteiger charge is -2.12. The van der Waals surface area contributed by atoms with E-state index in [1.54, 1.807) is 0 Å². The maximum absolute atomic E-state index is 5.12. The predicted octanol–water partition coefficient (Wildman–Crippen LogP) is 9.73. The highest BCUT2D eigenvalue weighted by Gasteiger charge is 2.14. The molecular formula is C38H25N3. The molecular weight excluding hydrogens is 498 g/mol. The molecule has 0 spiro atoms. The highest BCUT2D eigenvalue weighted by atomic mass is 15.0. The average Bonchev–Trinajstić information content (AvgIpc) is 3.39. The molecule has 6 aromatic carbocycles. The Morgan fingerprint density at radius 3 is 1.56 bits per heavy atom. The number of hydrogen-bond donors (Lipinski definition) is 0. The molecule has 0 aliphatic heterocycles. The first-order valence-electron chi connectivity index (χ1n) is 13.9. The zero-order chi connectivity index (χ0) is 27.2. The molecule has 0 bridgehead atoms. The quantitative estimate of drug-likeness (QED) is 0.230. The minimum absolute atomic E-state index is 0.722. The number of nitrogens with zero attached hydrogens (tertiary/aromatic N) is 3. The zero-order valence-corrected chi connectivity index (χ0v) is 22.3. The summed E-state index contributed by atoms with van der Waals surface area (Å²) in [4.78, 5) is 10.1. The summed E-state index contributed by atoms with van der Waals surface area (Å²) < 4.78 is 2.33. The summed E-state index contributed by atoms with van der Waals surface area (Å²) in [7, 11) is 0. The van der Waals surface area contributed by atoms with E-state index in [2.05, 4.69) is 138 Å². The molecule has 0 saturated heterocycles. The smallest absolute Gasteiger partial charge is 0.160 e. The van der Waals surface area contributed by atoms with E-state index in [-0.39, 0.29) is 0 Å². The Morgan fingerprint density at radius 1 is 0.366 bits per heavy atom. The first-order valence-corrected chi connectivity index (χ1v) is 13.9. The van der Waals surface area contributed by atoms with Crippen molar-refractivity contribution in [3.63, 3.8) is 0 Å². The second kappa shape index (κ2) is 9.58. The fourth-order valence-corrected chi connectivity index (χ4v) is 5.84. The molecule has 8 aromatic rings. The van der Waals surface area contributed by atoms with E-state index in [4.69, 9.17) is 9.97 Å². The Morgan fingerprint density at radius 2 is 0.878 bits per heavy atom. The van der Waals surface area contributed by atoms with Gasteiger partial charge in [-0.3, -0.25) is 0 Å². The summed E-state index contributed by atoms with van der Waals surface area (Å²) in [6.07, 6.45) is 0. The molecule has 0 radical (unpaired) electrons. The summed E-state index contributed by atoms with van der Waals surface area (Å²) >= 11 is 0. The van der Waals surface area contributed by atoms with Crippen LogP contribution in [0.5, 0.6) is 0 Å². The van der Waals surface area contributed by atoms with Crippen LogP contribution < -0.4 is 0 Å². The number of aromatic nitrogens is 3. The number of hydrogen-bond acceptors (Lipinski definition) is 2. The fraction of sp³-hybridized carbons (Fsp3) is 0. The molecule has 0 saturated carbocycles. The van der Waals surface area contributed by atoms with Crippen LogP contribution in [0.3, 0.4) is 0 Å². The van der Waals surface area contributed by atoms with Crippen molar-refractivity contribution in [3.05, 3.63) is 152 Å². The van der Waals surface area contributed by atoms with Crippen LogP contribution in [0.2, 0.25) is 0 Å². The SMILES string of the molecule is c1ccc(-c2ccc(-c3nc(-c4ccc(-n5c6ccccc6c6ccccc65)cc4)nc4ccccc34)cc2)cc1. The molecule has 0 N–H and O–H groups in total. The first-order chi connectivity index (χ1) is 20.3. The van der Waals surface area contributed by atoms with Crippen LogP contribution in [0, 0.1) is 0 Å². The van der Waals surface area contributed by atoms with Gasteiger partial charge in [0, 0.05) is 33.0 Å². The van der Waals surface area contributed by atoms with Crippen LogP contribution in [0.25, 0.3) is 72.2 Å². The van der Waals surface area contributed by atoms with Crippen LogP contribution in [0.1, 0.15) is 0 Å². The largest absolute Gasteiger partial charge is 0.309 e. The third kappa shape index (κ3) is 3.98. The number of para-hydroxylation sites is 3. The number of rotatable bonds is 4. The van der Waals surface area contributed by atoms with Gasteiger partial charge >= 0.3 is 0 Å². The molecule has 0 unspecified atom stereocenters. The van der Waals surface area contributed by atoms with Gasteiger partial charge in [0.25, 0.3) is 0 Å². The van der Waals surface area contributed by atoms with Crippen molar-refractivity contribution in [3.8, 4) is 39.5 Å². The van der Waals surface area contributed by atoms with E-state index >= 15 is 0 Å². The van der Waals surface area contributed by atoms with Gasteiger partial charge < -0.3 is 4.57 Å². The first kappa shape index (κ1) is 23.4. The summed E-state index contributed by atoms with van der Waals surface area (Å²) in [6.45, 7) is 0. The second-order valence-corrected chi connectivity index (χ2v) is 10.3. The standard InChI is InChI=1S/C38H25N3/c1-2-10-26(11-3-1)27-18-20-28(21-19-27)37-33-14-4-7-15-34(33)39-38(40-37)29-22-24-30(25-23-29)41-35-16-8-5-12-31(35)32-13-6-9-17-36(32)41/h1-25H. The average molecular weight is 524 g/mol. The lowest BCUT2D eigenvalue weighted by Crippen LogP contribution is -1.97. The highest BCUT2D eigenvalue weighted by molar-refractivity contribution is 6.09. The summed E-state index contributed by atoms with van der Waals surface area (Å²) in [5.41, 5.74) is 9.85. The molecule has 0 atom stereocenters. The molecule has 41 heavy (non-hydrogen) atoms. The molecule has 2 heterocycles. The van der Waals surface area contributed by atoms with Gasteiger partial charge in [-0.05, 0) is 53.6 Å². The Balaban J connectivity index is 1.22. The third-order valence-corrected chi connectivity index (χ3v) is 7.83. The number of fused-ring (bicyclic) bond motifs is 4. The zero-order valence-electron chi connectivity index (χ0n) is 22.3. The molecule has 192 valence electrons. The van der Waals surface area contributed by atoms with Crippen molar-refractivity contribution in [1.82, 2.24) is 14.5 Å². The van der Waals surface area contributed by atoms with Gasteiger partial charge in [-0.1, -0.05) is 109 Å². The van der Waals surface area contributed by atoms with Gasteiger partial charge in [0.05, 0.1) is 22.2 Å². The lowest BCUT2D eigenvalue weighted by atomic mass is 10.0. The van der Waals surface area contributed by atoms with Crippen LogP contribution in [0.4, 0.5) is 0 Å². The van der Waals surface area contributed by atoms with Crippen molar-refractivity contribution in [1.29, 1.82) is 0 Å². The molecule has 0 aliphatic carbocycles. The van der Waals surface area contributed by atoms with Gasteiger partial charge in [0.1, 0.15) is 0 Å². The van der Waals surface area contributed by atoms with E-state index in [0.29, 0.717) is 0 Å². The van der Waals surface area contributed by atoms with E-state index in [9.17, 15) is 0 Å². The predicted molar refractivity (Wildman–Crippen MR) is 170 cm³/mol. The van der Waals surface area contributed by atoms with Crippen molar-refractivity contribution in [2.24, 2.45) is 0 Å². The molecule has 8 rings (SSSR count). The van der Waals surface area contributed by atoms with Gasteiger partial charge in [-0.15, -0.1) is 0 Å². The van der Waals surface area contributed by atoms with Crippen molar-refractivity contribution in [2.45, 2.75) is 0 Å². The summed E-state index contributed by atoms with van der Waals surface area (Å²) in [5, 5.41) is 3.56. The van der Waals surface area contributed by atoms with E-state index in [1.807, 2.05) is 18.2 Å². The Bertz CT molecular complexity index is 2120. The molecule has 0 aliphatic rings. The van der Waals surface area contributed by atoms with Crippen molar-refractivity contribution < 1.29 is 0 Å². The minimum Gasteiger partial charge on any atom is -0.309 e. The molecule has 3 heteroatoms. The lowest BCUT2D eigenvalue weighted by molar-refractivity contribution is 1.17. The fourth-order valence-electron chi connectivity index (χ4n) is 5.84. The van der Waals surface area contributed by atoms with Crippen LogP contribution in [-0.2, 0) is 0 Å².